The standard InChI is InChI=1S/C15H15F2NO5/c1-9(19)21-13-6-10(2-3-12(13)22-14(16)17)11-7-15(23-18-11)4-5-20-8-15/h2-3,6,14H,4-5,7-8H2,1H3. The van der Waals surface area contributed by atoms with E-state index in [1.54, 1.807) is 6.07 Å². The van der Waals surface area contributed by atoms with Crippen molar-refractivity contribution >= 4 is 11.7 Å². The van der Waals surface area contributed by atoms with Gasteiger partial charge in [-0.05, 0) is 18.2 Å². The second-order valence-electron chi connectivity index (χ2n) is 5.43. The number of alkyl halides is 2. The number of halogens is 2. The van der Waals surface area contributed by atoms with Crippen LogP contribution in [-0.4, -0.2) is 37.1 Å². The van der Waals surface area contributed by atoms with Gasteiger partial charge in [-0.25, -0.2) is 0 Å². The average molecular weight is 327 g/mol. The van der Waals surface area contributed by atoms with Gasteiger partial charge in [0.2, 0.25) is 0 Å². The molecule has 0 amide bonds. The summed E-state index contributed by atoms with van der Waals surface area (Å²) in [5.41, 5.74) is 0.814. The lowest BCUT2D eigenvalue weighted by molar-refractivity contribution is -0.132. The molecule has 0 aromatic heterocycles. The highest BCUT2D eigenvalue weighted by Gasteiger charge is 2.43. The Morgan fingerprint density at radius 1 is 1.39 bits per heavy atom. The number of oxime groups is 1. The molecule has 6 nitrogen and oxygen atoms in total. The van der Waals surface area contributed by atoms with Crippen molar-refractivity contribution in [2.24, 2.45) is 5.16 Å². The van der Waals surface area contributed by atoms with E-state index in [0.717, 1.165) is 6.42 Å². The van der Waals surface area contributed by atoms with Crippen molar-refractivity contribution in [1.82, 2.24) is 0 Å². The van der Waals surface area contributed by atoms with Crippen LogP contribution in [0, 0.1) is 0 Å². The molecule has 1 spiro atoms. The third-order valence-electron chi connectivity index (χ3n) is 3.65. The first-order valence-electron chi connectivity index (χ1n) is 7.08. The Balaban J connectivity index is 1.84. The number of carbonyl (C=O) groups is 1. The first-order chi connectivity index (χ1) is 11.0. The third kappa shape index (κ3) is 3.42. The van der Waals surface area contributed by atoms with Gasteiger partial charge in [0.15, 0.2) is 17.1 Å². The number of hydrogen-bond acceptors (Lipinski definition) is 6. The number of hydrogen-bond donors (Lipinski definition) is 0. The van der Waals surface area contributed by atoms with Gasteiger partial charge < -0.3 is 19.0 Å². The Labute approximate surface area is 131 Å². The summed E-state index contributed by atoms with van der Waals surface area (Å²) in [5, 5.41) is 4.06. The summed E-state index contributed by atoms with van der Waals surface area (Å²) < 4.78 is 39.5. The number of esters is 1. The number of carbonyl (C=O) groups excluding carboxylic acids is 1. The molecule has 2 aliphatic rings. The minimum Gasteiger partial charge on any atom is -0.431 e. The molecule has 1 saturated heterocycles. The highest BCUT2D eigenvalue weighted by atomic mass is 19.3. The Morgan fingerprint density at radius 3 is 2.87 bits per heavy atom. The first kappa shape index (κ1) is 15.7. The fourth-order valence-electron chi connectivity index (χ4n) is 2.59. The number of benzene rings is 1. The van der Waals surface area contributed by atoms with E-state index in [1.807, 2.05) is 0 Å². The maximum Gasteiger partial charge on any atom is 0.387 e. The van der Waals surface area contributed by atoms with Crippen LogP contribution in [0.2, 0.25) is 0 Å². The van der Waals surface area contributed by atoms with Crippen LogP contribution in [0.15, 0.2) is 23.4 Å². The smallest absolute Gasteiger partial charge is 0.387 e. The molecule has 2 aliphatic heterocycles. The lowest BCUT2D eigenvalue weighted by Crippen LogP contribution is -2.29. The number of rotatable bonds is 4. The molecule has 0 saturated carbocycles. The maximum atomic E-state index is 12.4. The van der Waals surface area contributed by atoms with Crippen LogP contribution in [0.3, 0.4) is 0 Å². The molecule has 1 unspecified atom stereocenters. The van der Waals surface area contributed by atoms with Crippen LogP contribution < -0.4 is 9.47 Å². The second kappa shape index (κ2) is 6.11. The molecule has 1 aromatic rings. The van der Waals surface area contributed by atoms with Crippen LogP contribution in [0.4, 0.5) is 8.78 Å². The van der Waals surface area contributed by atoms with Gasteiger partial charge in [-0.15, -0.1) is 0 Å². The van der Waals surface area contributed by atoms with Gasteiger partial charge in [0, 0.05) is 25.3 Å². The summed E-state index contributed by atoms with van der Waals surface area (Å²) in [6.07, 6.45) is 1.28. The fraction of sp³-hybridized carbons (Fsp3) is 0.467. The molecule has 124 valence electrons. The molecular weight excluding hydrogens is 312 g/mol. The Bertz CT molecular complexity index is 641. The van der Waals surface area contributed by atoms with Gasteiger partial charge in [-0.1, -0.05) is 5.16 Å². The Hall–Kier alpha value is -2.22. The molecule has 0 N–H and O–H groups in total. The molecule has 0 bridgehead atoms. The van der Waals surface area contributed by atoms with Crippen LogP contribution in [0.25, 0.3) is 0 Å². The first-order valence-corrected chi connectivity index (χ1v) is 7.08. The van der Waals surface area contributed by atoms with E-state index in [-0.39, 0.29) is 11.5 Å². The zero-order chi connectivity index (χ0) is 16.4. The summed E-state index contributed by atoms with van der Waals surface area (Å²) in [4.78, 5) is 16.6. The van der Waals surface area contributed by atoms with E-state index in [2.05, 4.69) is 9.89 Å². The molecule has 8 heteroatoms. The molecule has 0 radical (unpaired) electrons. The Morgan fingerprint density at radius 2 is 2.22 bits per heavy atom. The van der Waals surface area contributed by atoms with E-state index in [1.165, 1.54) is 19.1 Å². The van der Waals surface area contributed by atoms with Crippen LogP contribution in [0.5, 0.6) is 11.5 Å². The highest BCUT2D eigenvalue weighted by Crippen LogP contribution is 2.36. The van der Waals surface area contributed by atoms with Crippen molar-refractivity contribution in [3.63, 3.8) is 0 Å². The van der Waals surface area contributed by atoms with Gasteiger partial charge >= 0.3 is 12.6 Å². The third-order valence-corrected chi connectivity index (χ3v) is 3.65. The van der Waals surface area contributed by atoms with E-state index in [0.29, 0.717) is 30.9 Å². The van der Waals surface area contributed by atoms with Crippen molar-refractivity contribution in [3.8, 4) is 11.5 Å². The topological polar surface area (TPSA) is 66.4 Å². The van der Waals surface area contributed by atoms with Crippen LogP contribution in [0.1, 0.15) is 25.3 Å². The summed E-state index contributed by atoms with van der Waals surface area (Å²) in [6, 6.07) is 4.33. The van der Waals surface area contributed by atoms with Crippen molar-refractivity contribution < 1.29 is 32.6 Å². The normalized spacial score (nSPS) is 23.0. The zero-order valence-corrected chi connectivity index (χ0v) is 12.4. The predicted octanol–water partition coefficient (Wildman–Crippen LogP) is 2.50. The van der Waals surface area contributed by atoms with Gasteiger partial charge in [0.05, 0.1) is 18.9 Å². The van der Waals surface area contributed by atoms with E-state index >= 15 is 0 Å². The minimum absolute atomic E-state index is 0.0818. The lowest BCUT2D eigenvalue weighted by Gasteiger charge is -2.17. The monoisotopic (exact) mass is 327 g/mol. The summed E-state index contributed by atoms with van der Waals surface area (Å²) in [6.45, 7) is -0.757. The number of nitrogens with zero attached hydrogens (tertiary/aromatic N) is 1. The van der Waals surface area contributed by atoms with Gasteiger partial charge in [-0.2, -0.15) is 8.78 Å². The highest BCUT2D eigenvalue weighted by molar-refractivity contribution is 6.02. The van der Waals surface area contributed by atoms with E-state index < -0.39 is 18.2 Å². The second-order valence-corrected chi connectivity index (χ2v) is 5.43. The van der Waals surface area contributed by atoms with Crippen molar-refractivity contribution in [1.29, 1.82) is 0 Å². The van der Waals surface area contributed by atoms with Crippen molar-refractivity contribution in [2.45, 2.75) is 32.0 Å². The number of ether oxygens (including phenoxy) is 3. The zero-order valence-electron chi connectivity index (χ0n) is 12.4. The van der Waals surface area contributed by atoms with Gasteiger partial charge in [0.25, 0.3) is 0 Å². The fourth-order valence-corrected chi connectivity index (χ4v) is 2.59. The maximum absolute atomic E-state index is 12.4. The predicted molar refractivity (Wildman–Crippen MR) is 74.8 cm³/mol. The van der Waals surface area contributed by atoms with Gasteiger partial charge in [0.1, 0.15) is 0 Å². The molecule has 2 heterocycles. The van der Waals surface area contributed by atoms with Crippen molar-refractivity contribution in [2.75, 3.05) is 13.2 Å². The molecule has 3 rings (SSSR count). The molecule has 23 heavy (non-hydrogen) atoms. The SMILES string of the molecule is CC(=O)Oc1cc(C2=NOC3(CCOC3)C2)ccc1OC(F)F. The summed E-state index contributed by atoms with van der Waals surface area (Å²) in [7, 11) is 0. The lowest BCUT2D eigenvalue weighted by atomic mass is 9.93. The average Bonchev–Trinajstić information content (AvgIpc) is 3.10. The molecule has 1 fully saturated rings. The van der Waals surface area contributed by atoms with E-state index in [4.69, 9.17) is 14.3 Å². The quantitative estimate of drug-likeness (QED) is 0.628. The molecule has 1 aromatic carbocycles. The van der Waals surface area contributed by atoms with E-state index in [9.17, 15) is 13.6 Å². The Kier molecular flexibility index (Phi) is 4.16. The summed E-state index contributed by atoms with van der Waals surface area (Å²) in [5.74, 6) is -0.925. The van der Waals surface area contributed by atoms with Crippen LogP contribution in [-0.2, 0) is 14.4 Å². The molecule has 1 atom stereocenters. The largest absolute Gasteiger partial charge is 0.431 e. The van der Waals surface area contributed by atoms with Crippen molar-refractivity contribution in [3.05, 3.63) is 23.8 Å². The minimum atomic E-state index is -3.01. The van der Waals surface area contributed by atoms with Gasteiger partial charge in [-0.3, -0.25) is 4.79 Å². The summed E-state index contributed by atoms with van der Waals surface area (Å²) >= 11 is 0. The molecular formula is C15H15F2NO5. The van der Waals surface area contributed by atoms with Crippen LogP contribution >= 0.6 is 0 Å². The molecule has 0 aliphatic carbocycles.